The van der Waals surface area contributed by atoms with Crippen molar-refractivity contribution in [2.75, 3.05) is 33.4 Å². The van der Waals surface area contributed by atoms with E-state index >= 15 is 0 Å². The molecular weight excluding hydrogens is 419 g/mol. The van der Waals surface area contributed by atoms with E-state index in [-0.39, 0.29) is 24.0 Å². The number of hydrogen-bond donors (Lipinski definition) is 2. The first-order valence-electron chi connectivity index (χ1n) is 8.40. The van der Waals surface area contributed by atoms with Gasteiger partial charge in [-0.05, 0) is 37.7 Å². The number of nitrogens with zero attached hydrogens (tertiary/aromatic N) is 2. The molecule has 7 heteroatoms. The number of hydrogen-bond acceptors (Lipinski definition) is 4. The van der Waals surface area contributed by atoms with Gasteiger partial charge in [0.2, 0.25) is 5.88 Å². The maximum absolute atomic E-state index is 5.63. The van der Waals surface area contributed by atoms with E-state index in [4.69, 9.17) is 9.47 Å². The highest BCUT2D eigenvalue weighted by molar-refractivity contribution is 14.0. The molecule has 2 N–H and O–H groups in total. The molecule has 1 heterocycles. The van der Waals surface area contributed by atoms with Gasteiger partial charge in [-0.15, -0.1) is 24.0 Å². The van der Waals surface area contributed by atoms with E-state index in [1.54, 1.807) is 13.3 Å². The zero-order valence-electron chi connectivity index (χ0n) is 14.6. The first-order valence-corrected chi connectivity index (χ1v) is 8.40. The Morgan fingerprint density at radius 3 is 2.79 bits per heavy atom. The lowest BCUT2D eigenvalue weighted by Crippen LogP contribution is -2.38. The van der Waals surface area contributed by atoms with E-state index in [1.807, 2.05) is 12.1 Å². The van der Waals surface area contributed by atoms with Crippen molar-refractivity contribution in [1.29, 1.82) is 0 Å². The van der Waals surface area contributed by atoms with Crippen LogP contribution in [-0.4, -0.2) is 44.4 Å². The van der Waals surface area contributed by atoms with Crippen molar-refractivity contribution in [2.45, 2.75) is 32.7 Å². The Labute approximate surface area is 161 Å². The van der Waals surface area contributed by atoms with Gasteiger partial charge in [-0.2, -0.15) is 0 Å². The summed E-state index contributed by atoms with van der Waals surface area (Å²) in [6.07, 6.45) is 5.46. The van der Waals surface area contributed by atoms with E-state index < -0.39 is 0 Å². The van der Waals surface area contributed by atoms with E-state index in [0.717, 1.165) is 50.2 Å². The molecule has 1 aliphatic carbocycles. The van der Waals surface area contributed by atoms with Crippen LogP contribution in [0.2, 0.25) is 0 Å². The summed E-state index contributed by atoms with van der Waals surface area (Å²) in [5.74, 6) is 2.28. The Kier molecular flexibility index (Phi) is 10.7. The fraction of sp³-hybridized carbons (Fsp3) is 0.647. The van der Waals surface area contributed by atoms with Gasteiger partial charge in [0.05, 0.1) is 13.7 Å². The fourth-order valence-corrected chi connectivity index (χ4v) is 2.05. The van der Waals surface area contributed by atoms with Crippen LogP contribution in [0.5, 0.6) is 5.88 Å². The van der Waals surface area contributed by atoms with Gasteiger partial charge in [-0.25, -0.2) is 9.98 Å². The van der Waals surface area contributed by atoms with Crippen molar-refractivity contribution in [3.05, 3.63) is 23.9 Å². The highest BCUT2D eigenvalue weighted by Crippen LogP contribution is 2.28. The van der Waals surface area contributed by atoms with Gasteiger partial charge < -0.3 is 20.1 Å². The highest BCUT2D eigenvalue weighted by Gasteiger charge is 2.20. The normalized spacial score (nSPS) is 14.0. The Morgan fingerprint density at radius 1 is 1.33 bits per heavy atom. The van der Waals surface area contributed by atoms with Crippen LogP contribution in [-0.2, 0) is 11.3 Å². The second-order valence-electron chi connectivity index (χ2n) is 5.70. The SMILES string of the molecule is CCNC(=NCc1ccc(OC)nc1)NCCCOCC1CC1.I. The Hall–Kier alpha value is -1.09. The number of methoxy groups -OCH3 is 1. The summed E-state index contributed by atoms with van der Waals surface area (Å²) in [6, 6.07) is 3.83. The molecule has 0 spiro atoms. The molecule has 0 unspecified atom stereocenters. The lowest BCUT2D eigenvalue weighted by molar-refractivity contribution is 0.123. The topological polar surface area (TPSA) is 67.8 Å². The van der Waals surface area contributed by atoms with Gasteiger partial charge in [0.1, 0.15) is 0 Å². The van der Waals surface area contributed by atoms with Gasteiger partial charge in [-0.3, -0.25) is 0 Å². The minimum absolute atomic E-state index is 0. The molecule has 0 bridgehead atoms. The summed E-state index contributed by atoms with van der Waals surface area (Å²) in [6.45, 7) is 6.08. The largest absolute Gasteiger partial charge is 0.481 e. The lowest BCUT2D eigenvalue weighted by Gasteiger charge is -2.11. The van der Waals surface area contributed by atoms with Crippen LogP contribution in [0.3, 0.4) is 0 Å². The predicted molar refractivity (Wildman–Crippen MR) is 107 cm³/mol. The Balaban J connectivity index is 0.00000288. The number of aromatic nitrogens is 1. The molecule has 1 aromatic heterocycles. The van der Waals surface area contributed by atoms with Gasteiger partial charge >= 0.3 is 0 Å². The second kappa shape index (κ2) is 12.3. The number of nitrogens with one attached hydrogen (secondary N) is 2. The lowest BCUT2D eigenvalue weighted by atomic mass is 10.3. The van der Waals surface area contributed by atoms with E-state index in [2.05, 4.69) is 27.5 Å². The molecule has 1 aromatic rings. The quantitative estimate of drug-likeness (QED) is 0.249. The van der Waals surface area contributed by atoms with Crippen molar-refractivity contribution >= 4 is 29.9 Å². The van der Waals surface area contributed by atoms with Crippen LogP contribution in [0.25, 0.3) is 0 Å². The molecule has 2 rings (SSSR count). The smallest absolute Gasteiger partial charge is 0.212 e. The van der Waals surface area contributed by atoms with Gasteiger partial charge in [0.15, 0.2) is 5.96 Å². The number of aliphatic imine (C=N–C) groups is 1. The summed E-state index contributed by atoms with van der Waals surface area (Å²) in [7, 11) is 1.61. The number of rotatable bonds is 10. The summed E-state index contributed by atoms with van der Waals surface area (Å²) < 4.78 is 10.7. The van der Waals surface area contributed by atoms with Crippen molar-refractivity contribution in [3.8, 4) is 5.88 Å². The molecule has 0 aromatic carbocycles. The molecule has 0 saturated heterocycles. The molecule has 6 nitrogen and oxygen atoms in total. The van der Waals surface area contributed by atoms with Crippen LogP contribution in [0.1, 0.15) is 31.7 Å². The van der Waals surface area contributed by atoms with Gasteiger partial charge in [0, 0.05) is 38.6 Å². The average Bonchev–Trinajstić information content (AvgIpc) is 3.40. The van der Waals surface area contributed by atoms with Crippen molar-refractivity contribution < 1.29 is 9.47 Å². The first kappa shape index (κ1) is 21.0. The summed E-state index contributed by atoms with van der Waals surface area (Å²) in [5.41, 5.74) is 1.05. The zero-order valence-corrected chi connectivity index (χ0v) is 16.9. The van der Waals surface area contributed by atoms with Crippen LogP contribution in [0.15, 0.2) is 23.3 Å². The van der Waals surface area contributed by atoms with Crippen molar-refractivity contribution in [1.82, 2.24) is 15.6 Å². The molecule has 24 heavy (non-hydrogen) atoms. The maximum Gasteiger partial charge on any atom is 0.212 e. The minimum atomic E-state index is 0. The van der Waals surface area contributed by atoms with E-state index in [9.17, 15) is 0 Å². The van der Waals surface area contributed by atoms with Gasteiger partial charge in [0.25, 0.3) is 0 Å². The highest BCUT2D eigenvalue weighted by atomic mass is 127. The van der Waals surface area contributed by atoms with Crippen LogP contribution in [0, 0.1) is 5.92 Å². The maximum atomic E-state index is 5.63. The first-order chi connectivity index (χ1) is 11.3. The van der Waals surface area contributed by atoms with Crippen molar-refractivity contribution in [3.63, 3.8) is 0 Å². The molecule has 0 aliphatic heterocycles. The molecule has 0 amide bonds. The summed E-state index contributed by atoms with van der Waals surface area (Å²) >= 11 is 0. The summed E-state index contributed by atoms with van der Waals surface area (Å²) in [4.78, 5) is 8.76. The fourth-order valence-electron chi connectivity index (χ4n) is 2.05. The second-order valence-corrected chi connectivity index (χ2v) is 5.70. The minimum Gasteiger partial charge on any atom is -0.481 e. The molecule has 1 fully saturated rings. The molecule has 136 valence electrons. The third-order valence-electron chi connectivity index (χ3n) is 3.58. The Morgan fingerprint density at radius 2 is 2.17 bits per heavy atom. The average molecular weight is 448 g/mol. The zero-order chi connectivity index (χ0) is 16.3. The van der Waals surface area contributed by atoms with Crippen molar-refractivity contribution in [2.24, 2.45) is 10.9 Å². The predicted octanol–water partition coefficient (Wildman–Crippen LogP) is 2.58. The number of pyridine rings is 1. The van der Waals surface area contributed by atoms with Crippen LogP contribution < -0.4 is 15.4 Å². The molecular formula is C17H29IN4O2. The summed E-state index contributed by atoms with van der Waals surface area (Å²) in [5, 5.41) is 6.58. The van der Waals surface area contributed by atoms with Crippen LogP contribution in [0.4, 0.5) is 0 Å². The standard InChI is InChI=1S/C17H28N4O2.HI/c1-3-18-17(19-9-4-10-23-13-14-5-6-14)21-12-15-7-8-16(22-2)20-11-15;/h7-8,11,14H,3-6,9-10,12-13H2,1-2H3,(H2,18,19,21);1H. The number of halogens is 1. The van der Waals surface area contributed by atoms with E-state index in [0.29, 0.717) is 12.4 Å². The van der Waals surface area contributed by atoms with Crippen LogP contribution >= 0.6 is 24.0 Å². The third-order valence-corrected chi connectivity index (χ3v) is 3.58. The Bertz CT molecular complexity index is 478. The monoisotopic (exact) mass is 448 g/mol. The number of ether oxygens (including phenoxy) is 2. The molecule has 1 aliphatic rings. The van der Waals surface area contributed by atoms with Gasteiger partial charge in [-0.1, -0.05) is 6.07 Å². The van der Waals surface area contributed by atoms with E-state index in [1.165, 1.54) is 12.8 Å². The third kappa shape index (κ3) is 8.68. The molecule has 0 atom stereocenters. The molecule has 1 saturated carbocycles. The number of guanidine groups is 1. The molecule has 0 radical (unpaired) electrons.